The summed E-state index contributed by atoms with van der Waals surface area (Å²) in [6, 6.07) is 11.7. The number of imidazole rings is 1. The van der Waals surface area contributed by atoms with Crippen LogP contribution in [0.25, 0.3) is 16.7 Å². The third-order valence-electron chi connectivity index (χ3n) is 3.07. The fourth-order valence-corrected chi connectivity index (χ4v) is 2.16. The van der Waals surface area contributed by atoms with Crippen LogP contribution in [0.15, 0.2) is 54.0 Å². The first kappa shape index (κ1) is 10.9. The molecule has 96 valence electrons. The smallest absolute Gasteiger partial charge is 0.182 e. The van der Waals surface area contributed by atoms with E-state index in [4.69, 9.17) is 0 Å². The van der Waals surface area contributed by atoms with Crippen molar-refractivity contribution in [3.63, 3.8) is 0 Å². The molecule has 3 heterocycles. The van der Waals surface area contributed by atoms with Crippen LogP contribution in [-0.4, -0.2) is 25.6 Å². The summed E-state index contributed by atoms with van der Waals surface area (Å²) in [6.07, 6.45) is 5.12. The molecule has 0 spiro atoms. The minimum Gasteiger partial charge on any atom is -0.295 e. The molecule has 4 aromatic rings. The average molecular weight is 262 g/mol. The first-order chi connectivity index (χ1) is 9.92. The molecule has 1 N–H and O–H groups in total. The second-order valence-electron chi connectivity index (χ2n) is 4.32. The quantitative estimate of drug-likeness (QED) is 0.454. The first-order valence-electron chi connectivity index (χ1n) is 6.17. The van der Waals surface area contributed by atoms with Crippen molar-refractivity contribution >= 4 is 28.6 Å². The van der Waals surface area contributed by atoms with Gasteiger partial charge in [-0.3, -0.25) is 9.83 Å². The molecule has 0 aliphatic carbocycles. The van der Waals surface area contributed by atoms with Gasteiger partial charge < -0.3 is 0 Å². The molecule has 0 aliphatic rings. The van der Waals surface area contributed by atoms with Crippen LogP contribution in [0.2, 0.25) is 0 Å². The highest BCUT2D eigenvalue weighted by molar-refractivity contribution is 5.93. The van der Waals surface area contributed by atoms with Gasteiger partial charge in [0.05, 0.1) is 17.4 Å². The number of hydrazone groups is 1. The second kappa shape index (κ2) is 4.27. The predicted octanol–water partition coefficient (Wildman–Crippen LogP) is 2.16. The molecular weight excluding hydrogens is 252 g/mol. The third kappa shape index (κ3) is 1.66. The minimum absolute atomic E-state index is 0.682. The summed E-state index contributed by atoms with van der Waals surface area (Å²) in [7, 11) is 0. The van der Waals surface area contributed by atoms with Gasteiger partial charge in [-0.25, -0.2) is 15.0 Å². The number of hydrogen-bond acceptors (Lipinski definition) is 5. The Balaban J connectivity index is 1.69. The van der Waals surface area contributed by atoms with E-state index < -0.39 is 0 Å². The lowest BCUT2D eigenvalue weighted by Crippen LogP contribution is -1.94. The van der Waals surface area contributed by atoms with E-state index >= 15 is 0 Å². The highest BCUT2D eigenvalue weighted by atomic mass is 15.3. The summed E-state index contributed by atoms with van der Waals surface area (Å²) in [4.78, 5) is 12.8. The Morgan fingerprint density at radius 1 is 1.10 bits per heavy atom. The van der Waals surface area contributed by atoms with Gasteiger partial charge in [-0.15, -0.1) is 0 Å². The molecule has 0 unspecified atom stereocenters. The molecule has 0 saturated heterocycles. The van der Waals surface area contributed by atoms with Crippen molar-refractivity contribution in [1.29, 1.82) is 0 Å². The average Bonchev–Trinajstić information content (AvgIpc) is 3.07. The number of nitrogens with zero attached hydrogens (tertiary/aromatic N) is 5. The molecular formula is C14H10N6. The Bertz CT molecular complexity index is 880. The largest absolute Gasteiger partial charge is 0.295 e. The Kier molecular flexibility index (Phi) is 2.32. The molecule has 4 rings (SSSR count). The summed E-state index contributed by atoms with van der Waals surface area (Å²) in [5, 5.41) is 4.20. The summed E-state index contributed by atoms with van der Waals surface area (Å²) in [5.41, 5.74) is 6.38. The molecule has 0 fully saturated rings. The Hall–Kier alpha value is -3.02. The van der Waals surface area contributed by atoms with Gasteiger partial charge in [0.25, 0.3) is 0 Å². The number of hydrogen-bond donors (Lipinski definition) is 1. The van der Waals surface area contributed by atoms with Crippen molar-refractivity contribution in [1.82, 2.24) is 19.4 Å². The predicted molar refractivity (Wildman–Crippen MR) is 77.1 cm³/mol. The third-order valence-corrected chi connectivity index (χ3v) is 3.07. The monoisotopic (exact) mass is 262 g/mol. The SMILES string of the molecule is C(=N\Nc1ccccc1)/c1nc2ncnc3ccn1c32. The van der Waals surface area contributed by atoms with Crippen molar-refractivity contribution in [2.75, 3.05) is 5.43 Å². The lowest BCUT2D eigenvalue weighted by molar-refractivity contribution is 1.14. The van der Waals surface area contributed by atoms with Crippen LogP contribution in [0.5, 0.6) is 0 Å². The molecule has 0 amide bonds. The van der Waals surface area contributed by atoms with Gasteiger partial charge >= 0.3 is 0 Å². The number of rotatable bonds is 3. The van der Waals surface area contributed by atoms with E-state index in [1.165, 1.54) is 6.33 Å². The van der Waals surface area contributed by atoms with Crippen molar-refractivity contribution < 1.29 is 0 Å². The minimum atomic E-state index is 0.682. The number of anilines is 1. The second-order valence-corrected chi connectivity index (χ2v) is 4.32. The molecule has 6 nitrogen and oxygen atoms in total. The normalized spacial score (nSPS) is 11.8. The molecule has 0 aliphatic heterocycles. The van der Waals surface area contributed by atoms with Crippen LogP contribution in [0.3, 0.4) is 0 Å². The van der Waals surface area contributed by atoms with Crippen molar-refractivity contribution in [2.45, 2.75) is 0 Å². The maximum absolute atomic E-state index is 4.43. The molecule has 3 aromatic heterocycles. The summed E-state index contributed by atoms with van der Waals surface area (Å²) in [5.74, 6) is 0.721. The van der Waals surface area contributed by atoms with Gasteiger partial charge in [-0.05, 0) is 18.2 Å². The molecule has 6 heteroatoms. The Morgan fingerprint density at radius 2 is 2.00 bits per heavy atom. The lowest BCUT2D eigenvalue weighted by Gasteiger charge is -1.97. The maximum Gasteiger partial charge on any atom is 0.182 e. The fourth-order valence-electron chi connectivity index (χ4n) is 2.16. The van der Waals surface area contributed by atoms with E-state index in [0.717, 1.165) is 22.5 Å². The standard InChI is InChI=1S/C14H10N6/c1-2-4-10(5-3-1)19-17-8-12-18-14-13-11(15-9-16-14)6-7-20(12)13/h1-9,19H/b17-8+. The topological polar surface area (TPSA) is 67.5 Å². The van der Waals surface area contributed by atoms with Gasteiger partial charge in [-0.1, -0.05) is 18.2 Å². The number of nitrogens with one attached hydrogen (secondary N) is 1. The molecule has 0 bridgehead atoms. The maximum atomic E-state index is 4.43. The van der Waals surface area contributed by atoms with E-state index in [2.05, 4.69) is 25.5 Å². The molecule has 0 saturated carbocycles. The van der Waals surface area contributed by atoms with Gasteiger partial charge in [0.15, 0.2) is 11.5 Å². The summed E-state index contributed by atoms with van der Waals surface area (Å²) >= 11 is 0. The number of aromatic nitrogens is 4. The Labute approximate surface area is 114 Å². The van der Waals surface area contributed by atoms with Gasteiger partial charge in [0.2, 0.25) is 0 Å². The van der Waals surface area contributed by atoms with Gasteiger partial charge in [0, 0.05) is 6.20 Å². The van der Waals surface area contributed by atoms with E-state index in [0.29, 0.717) is 5.65 Å². The van der Waals surface area contributed by atoms with Crippen molar-refractivity contribution in [3.8, 4) is 0 Å². The number of benzene rings is 1. The zero-order chi connectivity index (χ0) is 13.4. The van der Waals surface area contributed by atoms with Crippen LogP contribution in [-0.2, 0) is 0 Å². The van der Waals surface area contributed by atoms with E-state index in [1.54, 1.807) is 6.21 Å². The van der Waals surface area contributed by atoms with E-state index in [9.17, 15) is 0 Å². The molecule has 0 atom stereocenters. The van der Waals surface area contributed by atoms with E-state index in [1.807, 2.05) is 47.0 Å². The van der Waals surface area contributed by atoms with E-state index in [-0.39, 0.29) is 0 Å². The highest BCUT2D eigenvalue weighted by Gasteiger charge is 2.11. The number of para-hydroxylation sites is 1. The summed E-state index contributed by atoms with van der Waals surface area (Å²) in [6.45, 7) is 0. The van der Waals surface area contributed by atoms with Crippen LogP contribution in [0.1, 0.15) is 5.82 Å². The molecule has 0 radical (unpaired) electrons. The van der Waals surface area contributed by atoms with Crippen molar-refractivity contribution in [2.24, 2.45) is 5.10 Å². The first-order valence-corrected chi connectivity index (χ1v) is 6.17. The van der Waals surface area contributed by atoms with Gasteiger partial charge in [0.1, 0.15) is 11.8 Å². The summed E-state index contributed by atoms with van der Waals surface area (Å²) < 4.78 is 1.93. The van der Waals surface area contributed by atoms with Crippen LogP contribution < -0.4 is 5.43 Å². The zero-order valence-corrected chi connectivity index (χ0v) is 10.4. The van der Waals surface area contributed by atoms with Crippen LogP contribution in [0.4, 0.5) is 5.69 Å². The van der Waals surface area contributed by atoms with Gasteiger partial charge in [-0.2, -0.15) is 5.10 Å². The van der Waals surface area contributed by atoms with Crippen molar-refractivity contribution in [3.05, 3.63) is 54.7 Å². The molecule has 20 heavy (non-hydrogen) atoms. The fraction of sp³-hybridized carbons (Fsp3) is 0. The highest BCUT2D eigenvalue weighted by Crippen LogP contribution is 2.18. The van der Waals surface area contributed by atoms with Crippen LogP contribution >= 0.6 is 0 Å². The lowest BCUT2D eigenvalue weighted by atomic mass is 10.3. The molecule has 1 aromatic carbocycles. The zero-order valence-electron chi connectivity index (χ0n) is 10.4. The van der Waals surface area contributed by atoms with Crippen LogP contribution in [0, 0.1) is 0 Å². The Morgan fingerprint density at radius 3 is 2.90 bits per heavy atom.